The van der Waals surface area contributed by atoms with Crippen LogP contribution < -0.4 is 4.74 Å². The average molecular weight is 432 g/mol. The predicted octanol–water partition coefficient (Wildman–Crippen LogP) is 3.95. The summed E-state index contributed by atoms with van der Waals surface area (Å²) in [5, 5.41) is 18.1. The summed E-state index contributed by atoms with van der Waals surface area (Å²) in [5.74, 6) is -0.736. The summed E-state index contributed by atoms with van der Waals surface area (Å²) < 4.78 is 5.67. The third-order valence-corrected chi connectivity index (χ3v) is 4.96. The Hall–Kier alpha value is -3.77. The van der Waals surface area contributed by atoms with Gasteiger partial charge < -0.3 is 14.9 Å². The fourth-order valence-corrected chi connectivity index (χ4v) is 3.16. The van der Waals surface area contributed by atoms with Crippen LogP contribution in [0.25, 0.3) is 0 Å². The van der Waals surface area contributed by atoms with E-state index in [1.54, 1.807) is 60.7 Å². The van der Waals surface area contributed by atoms with E-state index in [0.717, 1.165) is 0 Å². The largest absolute Gasteiger partial charge is 0.494 e. The molecule has 164 valence electrons. The molecule has 3 aromatic carbocycles. The molecule has 0 aliphatic carbocycles. The summed E-state index contributed by atoms with van der Waals surface area (Å²) in [6, 6.07) is 22.5. The minimum atomic E-state index is -1.46. The highest BCUT2D eigenvalue weighted by atomic mass is 16.5. The zero-order valence-electron chi connectivity index (χ0n) is 17.4. The van der Waals surface area contributed by atoms with E-state index in [4.69, 9.17) is 9.84 Å². The summed E-state index contributed by atoms with van der Waals surface area (Å²) in [4.78, 5) is 35.4. The summed E-state index contributed by atoms with van der Waals surface area (Å²) in [7, 11) is 0. The van der Waals surface area contributed by atoms with Crippen LogP contribution in [0.2, 0.25) is 0 Å². The molecule has 0 saturated heterocycles. The Morgan fingerprint density at radius 3 is 2.00 bits per heavy atom. The van der Waals surface area contributed by atoms with Crippen LogP contribution in [0.3, 0.4) is 0 Å². The number of Topliss-reactive ketones (excluding diaryl/α,β-unsaturated/α-hetero) is 1. The third-order valence-electron chi connectivity index (χ3n) is 4.96. The number of aliphatic carboxylic acids is 1. The minimum absolute atomic E-state index is 0.00657. The smallest absolute Gasteiger partial charge is 0.332 e. The second kappa shape index (κ2) is 11.0. The Kier molecular flexibility index (Phi) is 7.89. The van der Waals surface area contributed by atoms with E-state index in [-0.39, 0.29) is 18.0 Å². The molecule has 0 saturated carbocycles. The number of carbonyl (C=O) groups excluding carboxylic acids is 2. The normalized spacial score (nSPS) is 11.5. The number of hydrogen-bond acceptors (Lipinski definition) is 5. The number of hydrogen-bond donors (Lipinski definition) is 2. The molecule has 0 amide bonds. The monoisotopic (exact) mass is 432 g/mol. The molecule has 32 heavy (non-hydrogen) atoms. The van der Waals surface area contributed by atoms with Gasteiger partial charge in [0.15, 0.2) is 17.7 Å². The van der Waals surface area contributed by atoms with Crippen molar-refractivity contribution in [3.05, 3.63) is 101 Å². The van der Waals surface area contributed by atoms with E-state index < -0.39 is 12.1 Å². The molecule has 3 rings (SSSR count). The minimum Gasteiger partial charge on any atom is -0.494 e. The van der Waals surface area contributed by atoms with Gasteiger partial charge in [-0.25, -0.2) is 4.79 Å². The summed E-state index contributed by atoms with van der Waals surface area (Å²) in [6.45, 7) is 0.362. The van der Waals surface area contributed by atoms with Gasteiger partial charge in [0.2, 0.25) is 0 Å². The Balaban J connectivity index is 1.43. The molecule has 0 bridgehead atoms. The van der Waals surface area contributed by atoms with Gasteiger partial charge in [-0.1, -0.05) is 54.6 Å². The van der Waals surface area contributed by atoms with Gasteiger partial charge in [-0.15, -0.1) is 0 Å². The highest BCUT2D eigenvalue weighted by molar-refractivity contribution is 6.09. The number of rotatable bonds is 11. The van der Waals surface area contributed by atoms with Crippen molar-refractivity contribution < 1.29 is 29.3 Å². The van der Waals surface area contributed by atoms with Crippen molar-refractivity contribution in [3.8, 4) is 5.75 Å². The first-order chi connectivity index (χ1) is 15.4. The van der Waals surface area contributed by atoms with E-state index >= 15 is 0 Å². The van der Waals surface area contributed by atoms with Crippen molar-refractivity contribution in [2.75, 3.05) is 6.61 Å². The second-order valence-electron chi connectivity index (χ2n) is 7.35. The number of ketones is 2. The zero-order valence-corrected chi connectivity index (χ0v) is 17.4. The van der Waals surface area contributed by atoms with Crippen molar-refractivity contribution >= 4 is 17.5 Å². The maximum absolute atomic E-state index is 12.4. The lowest BCUT2D eigenvalue weighted by atomic mass is 10.0. The van der Waals surface area contributed by atoms with E-state index in [1.807, 2.05) is 18.2 Å². The van der Waals surface area contributed by atoms with Crippen LogP contribution in [0, 0.1) is 0 Å². The van der Waals surface area contributed by atoms with Gasteiger partial charge in [0.1, 0.15) is 5.75 Å². The molecule has 3 aromatic rings. The molecular weight excluding hydrogens is 408 g/mol. The lowest BCUT2D eigenvalue weighted by Crippen LogP contribution is -2.21. The molecule has 0 fully saturated rings. The first kappa shape index (κ1) is 22.9. The van der Waals surface area contributed by atoms with Crippen LogP contribution >= 0.6 is 0 Å². The number of carbonyl (C=O) groups is 3. The molecular formula is C26H24O6. The fourth-order valence-electron chi connectivity index (χ4n) is 3.16. The maximum atomic E-state index is 12.4. The Bertz CT molecular complexity index is 1060. The van der Waals surface area contributed by atoms with Crippen molar-refractivity contribution in [1.82, 2.24) is 0 Å². The van der Waals surface area contributed by atoms with Crippen molar-refractivity contribution in [1.29, 1.82) is 0 Å². The molecule has 1 atom stereocenters. The molecule has 1 unspecified atom stereocenters. The van der Waals surface area contributed by atoms with Crippen LogP contribution in [0.15, 0.2) is 78.9 Å². The molecule has 6 nitrogen and oxygen atoms in total. The maximum Gasteiger partial charge on any atom is 0.332 e. The standard InChI is InChI=1S/C26H24O6/c27-23(19-10-8-18(9-11-19)17-24(28)26(30)31)7-4-16-32-22-14-12-21(13-15-22)25(29)20-5-2-1-3-6-20/h1-3,5-6,8-15,24,28H,4,7,16-17H2,(H,30,31). The van der Waals surface area contributed by atoms with E-state index in [1.165, 1.54) is 0 Å². The number of carboxylic acids is 1. The molecule has 0 spiro atoms. The molecule has 0 aliphatic rings. The lowest BCUT2D eigenvalue weighted by Gasteiger charge is -2.08. The van der Waals surface area contributed by atoms with E-state index in [2.05, 4.69) is 0 Å². The molecule has 6 heteroatoms. The SMILES string of the molecule is O=C(CCCOc1ccc(C(=O)c2ccccc2)cc1)c1ccc(CC(O)C(=O)O)cc1. The van der Waals surface area contributed by atoms with Gasteiger partial charge >= 0.3 is 5.97 Å². The Labute approximate surface area is 186 Å². The second-order valence-corrected chi connectivity index (χ2v) is 7.35. The van der Waals surface area contributed by atoms with Gasteiger partial charge in [-0.3, -0.25) is 9.59 Å². The number of ether oxygens (including phenoxy) is 1. The van der Waals surface area contributed by atoms with Crippen molar-refractivity contribution in [3.63, 3.8) is 0 Å². The van der Waals surface area contributed by atoms with Gasteiger partial charge in [-0.2, -0.15) is 0 Å². The fraction of sp³-hybridized carbons (Fsp3) is 0.192. The Morgan fingerprint density at radius 2 is 1.38 bits per heavy atom. The van der Waals surface area contributed by atoms with Crippen molar-refractivity contribution in [2.24, 2.45) is 0 Å². The molecule has 0 radical (unpaired) electrons. The van der Waals surface area contributed by atoms with Gasteiger partial charge in [-0.05, 0) is 36.2 Å². The number of carboxylic acid groups (broad SMARTS) is 1. The van der Waals surface area contributed by atoms with Gasteiger partial charge in [0, 0.05) is 29.5 Å². The van der Waals surface area contributed by atoms with Gasteiger partial charge in [0.05, 0.1) is 6.61 Å². The third kappa shape index (κ3) is 6.36. The van der Waals surface area contributed by atoms with Crippen LogP contribution in [0.1, 0.15) is 44.7 Å². The lowest BCUT2D eigenvalue weighted by molar-refractivity contribution is -0.146. The summed E-state index contributed by atoms with van der Waals surface area (Å²) in [5.41, 5.74) is 2.39. The molecule has 2 N–H and O–H groups in total. The van der Waals surface area contributed by atoms with Crippen LogP contribution in [0.5, 0.6) is 5.75 Å². The first-order valence-corrected chi connectivity index (χ1v) is 10.3. The number of aliphatic hydroxyl groups excluding tert-OH is 1. The molecule has 0 aromatic heterocycles. The van der Waals surface area contributed by atoms with Crippen molar-refractivity contribution in [2.45, 2.75) is 25.4 Å². The zero-order chi connectivity index (χ0) is 22.9. The molecule has 0 heterocycles. The van der Waals surface area contributed by atoms with Crippen LogP contribution in [-0.4, -0.2) is 40.5 Å². The highest BCUT2D eigenvalue weighted by Gasteiger charge is 2.14. The number of benzene rings is 3. The summed E-state index contributed by atoms with van der Waals surface area (Å²) >= 11 is 0. The summed E-state index contributed by atoms with van der Waals surface area (Å²) in [6.07, 6.45) is -0.628. The highest BCUT2D eigenvalue weighted by Crippen LogP contribution is 2.16. The van der Waals surface area contributed by atoms with Crippen LogP contribution in [0.4, 0.5) is 0 Å². The first-order valence-electron chi connectivity index (χ1n) is 10.3. The average Bonchev–Trinajstić information content (AvgIpc) is 2.82. The predicted molar refractivity (Wildman–Crippen MR) is 119 cm³/mol. The van der Waals surface area contributed by atoms with Crippen LogP contribution in [-0.2, 0) is 11.2 Å². The van der Waals surface area contributed by atoms with E-state index in [9.17, 15) is 19.5 Å². The van der Waals surface area contributed by atoms with E-state index in [0.29, 0.717) is 47.5 Å². The molecule has 0 aliphatic heterocycles. The topological polar surface area (TPSA) is 101 Å². The van der Waals surface area contributed by atoms with Gasteiger partial charge in [0.25, 0.3) is 0 Å². The Morgan fingerprint density at radius 1 is 0.781 bits per heavy atom. The number of aliphatic hydroxyl groups is 1. The quantitative estimate of drug-likeness (QED) is 0.352.